The Morgan fingerprint density at radius 1 is 1.04 bits per heavy atom. The molecule has 4 rings (SSSR count). The summed E-state index contributed by atoms with van der Waals surface area (Å²) in [5, 5.41) is 7.44. The lowest BCUT2D eigenvalue weighted by Crippen LogP contribution is -2.23. The molecule has 4 nitrogen and oxygen atoms in total. The second-order valence-corrected chi connectivity index (χ2v) is 6.73. The Hall–Kier alpha value is -3.09. The molecule has 3 aromatic rings. The Labute approximate surface area is 160 Å². The molecule has 0 radical (unpaired) electrons. The molecule has 28 heavy (non-hydrogen) atoms. The molecule has 144 valence electrons. The van der Waals surface area contributed by atoms with Gasteiger partial charge in [0.15, 0.2) is 0 Å². The molecule has 7 heteroatoms. The predicted molar refractivity (Wildman–Crippen MR) is 98.2 cm³/mol. The zero-order valence-corrected chi connectivity index (χ0v) is 15.0. The number of rotatable bonds is 4. The first-order valence-electron chi connectivity index (χ1n) is 9.04. The quantitative estimate of drug-likeness (QED) is 0.728. The van der Waals surface area contributed by atoms with E-state index in [2.05, 4.69) is 10.4 Å². The largest absolute Gasteiger partial charge is 0.416 e. The van der Waals surface area contributed by atoms with E-state index in [4.69, 9.17) is 0 Å². The van der Waals surface area contributed by atoms with Gasteiger partial charge >= 0.3 is 6.18 Å². The Morgan fingerprint density at radius 2 is 1.75 bits per heavy atom. The van der Waals surface area contributed by atoms with E-state index in [1.54, 1.807) is 0 Å². The first-order valence-corrected chi connectivity index (χ1v) is 9.04. The highest BCUT2D eigenvalue weighted by atomic mass is 19.4. The molecule has 1 N–H and O–H groups in total. The third kappa shape index (κ3) is 3.52. The van der Waals surface area contributed by atoms with Crippen LogP contribution in [0.1, 0.15) is 39.3 Å². The van der Waals surface area contributed by atoms with Crippen LogP contribution >= 0.6 is 0 Å². The van der Waals surface area contributed by atoms with Crippen LogP contribution in [-0.2, 0) is 25.6 Å². The van der Waals surface area contributed by atoms with Gasteiger partial charge in [0.1, 0.15) is 0 Å². The average Bonchev–Trinajstić information content (AvgIpc) is 3.29. The molecule has 0 fully saturated rings. The normalized spacial score (nSPS) is 13.4. The van der Waals surface area contributed by atoms with Crippen molar-refractivity contribution in [3.63, 3.8) is 0 Å². The van der Waals surface area contributed by atoms with Gasteiger partial charge in [0, 0.05) is 11.3 Å². The monoisotopic (exact) mass is 385 g/mol. The number of carbonyl (C=O) groups is 1. The SMILES string of the molecule is O=C(NCc1nn(-c2ccccc2)c2c1CCC2)c1ccc(C(F)(F)F)cc1. The fraction of sp³-hybridized carbons (Fsp3) is 0.238. The number of nitrogens with one attached hydrogen (secondary N) is 1. The molecule has 0 saturated carbocycles. The van der Waals surface area contributed by atoms with Gasteiger partial charge in [-0.2, -0.15) is 18.3 Å². The van der Waals surface area contributed by atoms with Gasteiger partial charge in [-0.1, -0.05) is 18.2 Å². The van der Waals surface area contributed by atoms with Gasteiger partial charge in [-0.3, -0.25) is 4.79 Å². The summed E-state index contributed by atoms with van der Waals surface area (Å²) < 4.78 is 39.9. The summed E-state index contributed by atoms with van der Waals surface area (Å²) in [6, 6.07) is 14.0. The summed E-state index contributed by atoms with van der Waals surface area (Å²) in [6.45, 7) is 0.238. The maximum atomic E-state index is 12.6. The van der Waals surface area contributed by atoms with Crippen LogP contribution in [0.2, 0.25) is 0 Å². The van der Waals surface area contributed by atoms with Crippen LogP contribution in [0.25, 0.3) is 5.69 Å². The molecule has 0 aliphatic heterocycles. The van der Waals surface area contributed by atoms with Crippen molar-refractivity contribution < 1.29 is 18.0 Å². The number of hydrogen-bond acceptors (Lipinski definition) is 2. The minimum absolute atomic E-state index is 0.187. The molecular weight excluding hydrogens is 367 g/mol. The van der Waals surface area contributed by atoms with Gasteiger partial charge in [-0.05, 0) is 61.2 Å². The van der Waals surface area contributed by atoms with Crippen LogP contribution in [-0.4, -0.2) is 15.7 Å². The number of para-hydroxylation sites is 1. The van der Waals surface area contributed by atoms with E-state index in [0.29, 0.717) is 0 Å². The van der Waals surface area contributed by atoms with E-state index < -0.39 is 17.6 Å². The number of benzene rings is 2. The zero-order valence-electron chi connectivity index (χ0n) is 15.0. The van der Waals surface area contributed by atoms with Crippen molar-refractivity contribution in [1.82, 2.24) is 15.1 Å². The molecule has 1 aliphatic carbocycles. The lowest BCUT2D eigenvalue weighted by atomic mass is 10.1. The van der Waals surface area contributed by atoms with Crippen LogP contribution < -0.4 is 5.32 Å². The lowest BCUT2D eigenvalue weighted by Gasteiger charge is -2.08. The molecule has 0 atom stereocenters. The van der Waals surface area contributed by atoms with Gasteiger partial charge in [0.25, 0.3) is 5.91 Å². The van der Waals surface area contributed by atoms with Gasteiger partial charge in [0.2, 0.25) is 0 Å². The fourth-order valence-corrected chi connectivity index (χ4v) is 3.52. The number of aromatic nitrogens is 2. The molecular formula is C21H18F3N3O. The first kappa shape index (κ1) is 18.3. The minimum Gasteiger partial charge on any atom is -0.346 e. The molecule has 0 unspecified atom stereocenters. The number of alkyl halides is 3. The standard InChI is InChI=1S/C21H18F3N3O/c22-21(23,24)15-11-9-14(10-12-15)20(28)25-13-18-17-7-4-8-19(17)27(26-18)16-5-2-1-3-6-16/h1-3,5-6,9-12H,4,7-8,13H2,(H,25,28). The van der Waals surface area contributed by atoms with Gasteiger partial charge in [-0.15, -0.1) is 0 Å². The molecule has 1 amide bonds. The number of carbonyl (C=O) groups excluding carboxylic acids is 1. The smallest absolute Gasteiger partial charge is 0.346 e. The van der Waals surface area contributed by atoms with Crippen molar-refractivity contribution in [2.24, 2.45) is 0 Å². The van der Waals surface area contributed by atoms with Crippen LogP contribution in [0.3, 0.4) is 0 Å². The van der Waals surface area contributed by atoms with Crippen molar-refractivity contribution in [3.8, 4) is 5.69 Å². The molecule has 1 heterocycles. The molecule has 0 saturated heterocycles. The maximum absolute atomic E-state index is 12.6. The number of fused-ring (bicyclic) bond motifs is 1. The topological polar surface area (TPSA) is 46.9 Å². The highest BCUT2D eigenvalue weighted by Crippen LogP contribution is 2.29. The highest BCUT2D eigenvalue weighted by Gasteiger charge is 2.30. The molecule has 0 spiro atoms. The Kier molecular flexibility index (Phi) is 4.66. The van der Waals surface area contributed by atoms with E-state index in [1.807, 2.05) is 35.0 Å². The van der Waals surface area contributed by atoms with Crippen molar-refractivity contribution in [2.75, 3.05) is 0 Å². The number of hydrogen-bond donors (Lipinski definition) is 1. The van der Waals surface area contributed by atoms with E-state index in [-0.39, 0.29) is 12.1 Å². The van der Waals surface area contributed by atoms with E-state index in [1.165, 1.54) is 12.1 Å². The van der Waals surface area contributed by atoms with Crippen LogP contribution in [0.4, 0.5) is 13.2 Å². The van der Waals surface area contributed by atoms with Crippen molar-refractivity contribution in [3.05, 3.63) is 82.7 Å². The van der Waals surface area contributed by atoms with Crippen LogP contribution in [0.15, 0.2) is 54.6 Å². The summed E-state index contributed by atoms with van der Waals surface area (Å²) in [5.74, 6) is -0.422. The van der Waals surface area contributed by atoms with E-state index >= 15 is 0 Å². The number of halogens is 3. The molecule has 1 aromatic heterocycles. The first-order chi connectivity index (χ1) is 13.4. The van der Waals surface area contributed by atoms with E-state index in [9.17, 15) is 18.0 Å². The second-order valence-electron chi connectivity index (χ2n) is 6.73. The van der Waals surface area contributed by atoms with Crippen LogP contribution in [0, 0.1) is 0 Å². The molecule has 2 aromatic carbocycles. The summed E-state index contributed by atoms with van der Waals surface area (Å²) >= 11 is 0. The number of nitrogens with zero attached hydrogens (tertiary/aromatic N) is 2. The Balaban J connectivity index is 1.50. The number of amides is 1. The minimum atomic E-state index is -4.42. The second kappa shape index (κ2) is 7.14. The third-order valence-electron chi connectivity index (χ3n) is 4.91. The summed E-state index contributed by atoms with van der Waals surface area (Å²) in [4.78, 5) is 12.3. The zero-order chi connectivity index (χ0) is 19.7. The van der Waals surface area contributed by atoms with Gasteiger partial charge in [0.05, 0.1) is 23.5 Å². The highest BCUT2D eigenvalue weighted by molar-refractivity contribution is 5.94. The Morgan fingerprint density at radius 3 is 2.43 bits per heavy atom. The molecule has 1 aliphatic rings. The predicted octanol–water partition coefficient (Wildman–Crippen LogP) is 4.31. The van der Waals surface area contributed by atoms with Gasteiger partial charge in [-0.25, -0.2) is 4.68 Å². The van der Waals surface area contributed by atoms with Crippen LogP contribution in [0.5, 0.6) is 0 Å². The average molecular weight is 385 g/mol. The van der Waals surface area contributed by atoms with Crippen molar-refractivity contribution in [1.29, 1.82) is 0 Å². The molecule has 0 bridgehead atoms. The summed E-state index contributed by atoms with van der Waals surface area (Å²) in [5.41, 5.74) is 3.50. The summed E-state index contributed by atoms with van der Waals surface area (Å²) in [7, 11) is 0. The van der Waals surface area contributed by atoms with Gasteiger partial charge < -0.3 is 5.32 Å². The maximum Gasteiger partial charge on any atom is 0.416 e. The summed E-state index contributed by atoms with van der Waals surface area (Å²) in [6.07, 6.45) is -1.53. The van der Waals surface area contributed by atoms with E-state index in [0.717, 1.165) is 54.0 Å². The Bertz CT molecular complexity index is 992. The third-order valence-corrected chi connectivity index (χ3v) is 4.91. The van der Waals surface area contributed by atoms with Crippen molar-refractivity contribution >= 4 is 5.91 Å². The fourth-order valence-electron chi connectivity index (χ4n) is 3.52. The lowest BCUT2D eigenvalue weighted by molar-refractivity contribution is -0.137. The van der Waals surface area contributed by atoms with Crippen molar-refractivity contribution in [2.45, 2.75) is 32.0 Å².